The predicted octanol–water partition coefficient (Wildman–Crippen LogP) is 4.07. The van der Waals surface area contributed by atoms with Gasteiger partial charge in [-0.25, -0.2) is 9.59 Å². The summed E-state index contributed by atoms with van der Waals surface area (Å²) < 4.78 is 5.64. The normalized spacial score (nSPS) is 17.4. The highest BCUT2D eigenvalue weighted by atomic mass is 32.2. The molecule has 1 fully saturated rings. The summed E-state index contributed by atoms with van der Waals surface area (Å²) in [5.41, 5.74) is 3.29. The van der Waals surface area contributed by atoms with Gasteiger partial charge in [0.25, 0.3) is 0 Å². The molecule has 33 heavy (non-hydrogen) atoms. The van der Waals surface area contributed by atoms with Crippen LogP contribution in [0.5, 0.6) is 0 Å². The number of nitrogens with zero attached hydrogens (tertiary/aromatic N) is 1. The van der Waals surface area contributed by atoms with Crippen LogP contribution in [0.25, 0.3) is 11.1 Å². The van der Waals surface area contributed by atoms with E-state index in [0.29, 0.717) is 24.5 Å². The van der Waals surface area contributed by atoms with E-state index in [1.807, 2.05) is 50.2 Å². The lowest BCUT2D eigenvalue weighted by Crippen LogP contribution is -2.61. The number of nitrogens with one attached hydrogen (secondary N) is 1. The van der Waals surface area contributed by atoms with Crippen LogP contribution in [0, 0.1) is 0 Å². The van der Waals surface area contributed by atoms with Crippen molar-refractivity contribution in [2.24, 2.45) is 0 Å². The molecule has 1 aliphatic heterocycles. The van der Waals surface area contributed by atoms with Gasteiger partial charge in [-0.3, -0.25) is 4.79 Å². The topological polar surface area (TPSA) is 95.9 Å². The molecule has 1 aliphatic carbocycles. The molecule has 1 atom stereocenters. The molecule has 174 valence electrons. The largest absolute Gasteiger partial charge is 0.480 e. The number of rotatable bonds is 7. The van der Waals surface area contributed by atoms with Crippen LogP contribution in [0.2, 0.25) is 0 Å². The van der Waals surface area contributed by atoms with Crippen LogP contribution >= 0.6 is 11.8 Å². The Hall–Kier alpha value is -3.00. The van der Waals surface area contributed by atoms with Crippen molar-refractivity contribution in [1.29, 1.82) is 0 Å². The van der Waals surface area contributed by atoms with Crippen LogP contribution in [0.15, 0.2) is 48.5 Å². The van der Waals surface area contributed by atoms with Crippen LogP contribution < -0.4 is 5.32 Å². The summed E-state index contributed by atoms with van der Waals surface area (Å²) in [5, 5.41) is 12.3. The van der Waals surface area contributed by atoms with E-state index in [4.69, 9.17) is 4.74 Å². The second-order valence-electron chi connectivity index (χ2n) is 8.37. The number of carboxylic acids is 1. The van der Waals surface area contributed by atoms with Crippen molar-refractivity contribution in [1.82, 2.24) is 10.2 Å². The quantitative estimate of drug-likeness (QED) is 0.636. The average molecular weight is 469 g/mol. The predicted molar refractivity (Wildman–Crippen MR) is 127 cm³/mol. The van der Waals surface area contributed by atoms with Gasteiger partial charge in [-0.15, -0.1) is 11.8 Å². The number of carbonyl (C=O) groups excluding carboxylic acids is 2. The highest BCUT2D eigenvalue weighted by Gasteiger charge is 2.45. The highest BCUT2D eigenvalue weighted by molar-refractivity contribution is 7.99. The fraction of sp³-hybridized carbons (Fsp3) is 0.400. The second kappa shape index (κ2) is 9.47. The molecule has 1 heterocycles. The Bertz CT molecular complexity index is 1020. The monoisotopic (exact) mass is 468 g/mol. The Morgan fingerprint density at radius 2 is 1.64 bits per heavy atom. The average Bonchev–Trinajstić information content (AvgIpc) is 3.44. The van der Waals surface area contributed by atoms with Crippen LogP contribution in [-0.2, 0) is 14.3 Å². The zero-order valence-electron chi connectivity index (χ0n) is 18.7. The number of aliphatic carboxylic acids is 1. The number of ether oxygens (including phenoxy) is 1. The molecule has 7 nitrogen and oxygen atoms in total. The summed E-state index contributed by atoms with van der Waals surface area (Å²) >= 11 is 1.40. The Kier molecular flexibility index (Phi) is 6.65. The number of amides is 2. The molecule has 2 aromatic carbocycles. The molecule has 1 saturated heterocycles. The molecule has 8 heteroatoms. The second-order valence-corrected chi connectivity index (χ2v) is 9.37. The first-order valence-electron chi connectivity index (χ1n) is 11.2. The summed E-state index contributed by atoms with van der Waals surface area (Å²) in [6, 6.07) is 15.3. The third kappa shape index (κ3) is 4.19. The van der Waals surface area contributed by atoms with Gasteiger partial charge in [-0.05, 0) is 35.1 Å². The molecule has 2 amide bonds. The number of carboxylic acid groups (broad SMARTS) is 1. The molecular formula is C25H28N2O5S. The Morgan fingerprint density at radius 1 is 1.06 bits per heavy atom. The van der Waals surface area contributed by atoms with E-state index in [1.165, 1.54) is 16.7 Å². The molecule has 1 unspecified atom stereocenters. The van der Waals surface area contributed by atoms with Gasteiger partial charge in [0.1, 0.15) is 18.2 Å². The Labute approximate surface area is 197 Å². The zero-order chi connectivity index (χ0) is 23.6. The maximum atomic E-state index is 13.3. The van der Waals surface area contributed by atoms with E-state index in [9.17, 15) is 19.5 Å². The molecule has 0 saturated carbocycles. The number of hydrogen-bond acceptors (Lipinski definition) is 5. The molecule has 0 radical (unpaired) electrons. The molecule has 2 aromatic rings. The summed E-state index contributed by atoms with van der Waals surface area (Å²) in [6.07, 6.45) is -0.00675. The molecule has 4 rings (SSSR count). The van der Waals surface area contributed by atoms with Gasteiger partial charge in [0.2, 0.25) is 5.91 Å². The first-order chi connectivity index (χ1) is 15.9. The van der Waals surface area contributed by atoms with Gasteiger partial charge in [-0.1, -0.05) is 62.4 Å². The molecule has 0 spiro atoms. The van der Waals surface area contributed by atoms with Crippen LogP contribution in [0.3, 0.4) is 0 Å². The number of hydrogen-bond donors (Lipinski definition) is 2. The molecule has 0 aromatic heterocycles. The van der Waals surface area contributed by atoms with Gasteiger partial charge in [0, 0.05) is 11.7 Å². The fourth-order valence-electron chi connectivity index (χ4n) is 4.73. The number of thioether (sulfide) groups is 1. The molecule has 2 N–H and O–H groups in total. The SMILES string of the molecule is CCC(CC)(NC(=O)OCC1c2ccccc2-c2ccccc21)C(=O)N1CSCC1C(=O)O. The van der Waals surface area contributed by atoms with E-state index >= 15 is 0 Å². The van der Waals surface area contributed by atoms with Crippen molar-refractivity contribution in [2.75, 3.05) is 18.2 Å². The van der Waals surface area contributed by atoms with Crippen molar-refractivity contribution in [3.05, 3.63) is 59.7 Å². The first kappa shape index (κ1) is 23.2. The van der Waals surface area contributed by atoms with Crippen LogP contribution in [0.4, 0.5) is 4.79 Å². The van der Waals surface area contributed by atoms with Gasteiger partial charge < -0.3 is 20.1 Å². The lowest BCUT2D eigenvalue weighted by molar-refractivity contribution is -0.150. The van der Waals surface area contributed by atoms with Gasteiger partial charge in [-0.2, -0.15) is 0 Å². The number of benzene rings is 2. The summed E-state index contributed by atoms with van der Waals surface area (Å²) in [4.78, 5) is 39.1. The summed E-state index contributed by atoms with van der Waals surface area (Å²) in [7, 11) is 0. The smallest absolute Gasteiger partial charge is 0.408 e. The minimum atomic E-state index is -1.21. The summed E-state index contributed by atoms with van der Waals surface area (Å²) in [6.45, 7) is 3.77. The first-order valence-corrected chi connectivity index (χ1v) is 12.3. The zero-order valence-corrected chi connectivity index (χ0v) is 19.6. The lowest BCUT2D eigenvalue weighted by atomic mass is 9.90. The van der Waals surface area contributed by atoms with Crippen molar-refractivity contribution < 1.29 is 24.2 Å². The third-order valence-electron chi connectivity index (χ3n) is 6.73. The van der Waals surface area contributed by atoms with Gasteiger partial charge in [0.05, 0.1) is 5.88 Å². The van der Waals surface area contributed by atoms with Gasteiger partial charge in [0.15, 0.2) is 0 Å². The Morgan fingerprint density at radius 3 is 2.18 bits per heavy atom. The molecule has 2 aliphatic rings. The van der Waals surface area contributed by atoms with Crippen molar-refractivity contribution >= 4 is 29.7 Å². The van der Waals surface area contributed by atoms with Crippen LogP contribution in [-0.4, -0.2) is 57.8 Å². The van der Waals surface area contributed by atoms with Crippen molar-refractivity contribution in [3.8, 4) is 11.1 Å². The van der Waals surface area contributed by atoms with Crippen molar-refractivity contribution in [3.63, 3.8) is 0 Å². The highest BCUT2D eigenvalue weighted by Crippen LogP contribution is 2.44. The standard InChI is InChI=1S/C25H28N2O5S/c1-3-25(4-2,23(30)27-15-33-14-21(27)22(28)29)26-24(31)32-13-20-18-11-7-5-9-16(18)17-10-6-8-12-19(17)20/h5-12,20-21H,3-4,13-15H2,1-2H3,(H,26,31)(H,28,29). The van der Waals surface area contributed by atoms with E-state index in [-0.39, 0.29) is 18.4 Å². The molecular weight excluding hydrogens is 440 g/mol. The fourth-order valence-corrected chi connectivity index (χ4v) is 5.88. The van der Waals surface area contributed by atoms with E-state index in [2.05, 4.69) is 17.4 Å². The minimum absolute atomic E-state index is 0.0807. The van der Waals surface area contributed by atoms with E-state index in [0.717, 1.165) is 22.3 Å². The number of alkyl carbamates (subject to hydrolysis) is 1. The van der Waals surface area contributed by atoms with E-state index in [1.54, 1.807) is 0 Å². The Balaban J connectivity index is 1.48. The van der Waals surface area contributed by atoms with Crippen molar-refractivity contribution in [2.45, 2.75) is 44.2 Å². The van der Waals surface area contributed by atoms with Gasteiger partial charge >= 0.3 is 12.1 Å². The molecule has 0 bridgehead atoms. The van der Waals surface area contributed by atoms with Crippen LogP contribution in [0.1, 0.15) is 43.7 Å². The maximum absolute atomic E-state index is 13.3. The third-order valence-corrected chi connectivity index (χ3v) is 7.74. The summed E-state index contributed by atoms with van der Waals surface area (Å²) in [5.74, 6) is -0.851. The minimum Gasteiger partial charge on any atom is -0.480 e. The number of fused-ring (bicyclic) bond motifs is 3. The maximum Gasteiger partial charge on any atom is 0.408 e. The lowest BCUT2D eigenvalue weighted by Gasteiger charge is -2.36. The van der Waals surface area contributed by atoms with E-state index < -0.39 is 23.6 Å². The number of carbonyl (C=O) groups is 3.